The summed E-state index contributed by atoms with van der Waals surface area (Å²) in [5.41, 5.74) is -2.41. The zero-order valence-electron chi connectivity index (χ0n) is 8.90. The second-order valence-electron chi connectivity index (χ2n) is 2.33. The first-order valence-corrected chi connectivity index (χ1v) is 4.32. The average Bonchev–Trinajstić information content (AvgIpc) is 2.16. The maximum atomic E-state index is 10.2. The molecule has 0 fully saturated rings. The molecule has 3 N–H and O–H groups in total. The van der Waals surface area contributed by atoms with E-state index in [1.807, 2.05) is 0 Å². The van der Waals surface area contributed by atoms with Gasteiger partial charge in [-0.3, -0.25) is 15.0 Å². The van der Waals surface area contributed by atoms with Crippen LogP contribution < -0.4 is 17.1 Å². The maximum absolute atomic E-state index is 10.2. The number of carbonyl (C=O) groups excluding carboxylic acids is 1. The Bertz CT molecular complexity index is 496. The van der Waals surface area contributed by atoms with E-state index in [2.05, 4.69) is 22.2 Å². The molecule has 0 radical (unpaired) electrons. The smallest absolute Gasteiger partial charge is 0.441 e. The quantitative estimate of drug-likeness (QED) is 0.528. The highest BCUT2D eigenvalue weighted by Gasteiger charge is 1.90. The van der Waals surface area contributed by atoms with Gasteiger partial charge < -0.3 is 4.74 Å². The minimum absolute atomic E-state index is 0.337. The predicted molar refractivity (Wildman–Crippen MR) is 58.4 cm³/mol. The fourth-order valence-electron chi connectivity index (χ4n) is 0.623. The van der Waals surface area contributed by atoms with Crippen LogP contribution in [0.15, 0.2) is 26.0 Å². The van der Waals surface area contributed by atoms with E-state index in [9.17, 15) is 19.2 Å². The highest BCUT2D eigenvalue weighted by Crippen LogP contribution is 1.78. The zero-order chi connectivity index (χ0) is 13.3. The monoisotopic (exact) mass is 242 g/mol. The number of nitrogens with zero attached hydrogens (tertiary/aromatic N) is 1. The summed E-state index contributed by atoms with van der Waals surface area (Å²) in [6.45, 7) is 5.13. The Labute approximate surface area is 93.9 Å². The molecule has 17 heavy (non-hydrogen) atoms. The van der Waals surface area contributed by atoms with E-state index in [0.717, 1.165) is 0 Å². The van der Waals surface area contributed by atoms with Crippen LogP contribution in [-0.2, 0) is 4.74 Å². The van der Waals surface area contributed by atoms with E-state index in [4.69, 9.17) is 0 Å². The molecule has 0 aliphatic heterocycles. The summed E-state index contributed by atoms with van der Waals surface area (Å²) in [6, 6.07) is 0. The van der Waals surface area contributed by atoms with E-state index in [-0.39, 0.29) is 0 Å². The average molecular weight is 242 g/mol. The van der Waals surface area contributed by atoms with Crippen molar-refractivity contribution in [1.29, 1.82) is 0 Å². The number of aromatic nitrogens is 3. The first-order chi connectivity index (χ1) is 7.99. The van der Waals surface area contributed by atoms with Crippen LogP contribution in [0.3, 0.4) is 0 Å². The van der Waals surface area contributed by atoms with E-state index >= 15 is 0 Å². The van der Waals surface area contributed by atoms with Gasteiger partial charge >= 0.3 is 23.2 Å². The number of hydrogen-bond donors (Lipinski definition) is 3. The number of H-pyrrole nitrogens is 3. The Morgan fingerprint density at radius 2 is 1.65 bits per heavy atom. The molecule has 1 aromatic heterocycles. The van der Waals surface area contributed by atoms with Crippen molar-refractivity contribution < 1.29 is 9.53 Å². The lowest BCUT2D eigenvalue weighted by Gasteiger charge is -1.89. The highest BCUT2D eigenvalue weighted by atomic mass is 16.5. The lowest BCUT2D eigenvalue weighted by atomic mass is 10.9. The van der Waals surface area contributed by atoms with Crippen LogP contribution in [0.1, 0.15) is 6.92 Å². The van der Waals surface area contributed by atoms with Gasteiger partial charge in [-0.1, -0.05) is 0 Å². The number of rotatable bonds is 1. The van der Waals surface area contributed by atoms with Gasteiger partial charge in [0.1, 0.15) is 0 Å². The van der Waals surface area contributed by atoms with Crippen molar-refractivity contribution in [1.82, 2.24) is 15.0 Å². The van der Waals surface area contributed by atoms with E-state index in [0.29, 0.717) is 6.61 Å². The van der Waals surface area contributed by atoms with Crippen molar-refractivity contribution in [3.05, 3.63) is 38.0 Å². The van der Waals surface area contributed by atoms with Gasteiger partial charge in [-0.15, -0.1) is 4.99 Å². The fourth-order valence-corrected chi connectivity index (χ4v) is 0.623. The summed E-state index contributed by atoms with van der Waals surface area (Å²) in [6.07, 6.45) is -0.637. The standard InChI is InChI=1S/C5H7NO2.C3H3N3O3/c1-3-6-5(7)8-4-2;7-1-4-2(8)6-3(9)5-1/h1,4H2,2H3;(H3,4,5,6,7,8,9). The summed E-state index contributed by atoms with van der Waals surface area (Å²) < 4.78 is 4.37. The molecule has 0 saturated heterocycles. The lowest BCUT2D eigenvalue weighted by Crippen LogP contribution is -2.34. The molecule has 0 aromatic carbocycles. The summed E-state index contributed by atoms with van der Waals surface area (Å²) in [5.74, 6) is 2.05. The largest absolute Gasteiger partial charge is 0.448 e. The minimum atomic E-state index is -0.802. The van der Waals surface area contributed by atoms with Gasteiger partial charge in [0.05, 0.1) is 6.61 Å². The minimum Gasteiger partial charge on any atom is -0.448 e. The molecular weight excluding hydrogens is 232 g/mol. The summed E-state index contributed by atoms with van der Waals surface area (Å²) in [5, 5.41) is 0. The van der Waals surface area contributed by atoms with E-state index in [1.54, 1.807) is 21.9 Å². The summed E-state index contributed by atoms with van der Waals surface area (Å²) in [7, 11) is 0. The second kappa shape index (κ2) is 7.60. The van der Waals surface area contributed by atoms with Gasteiger partial charge in [0.2, 0.25) is 0 Å². The fraction of sp³-hybridized carbons (Fsp3) is 0.250. The van der Waals surface area contributed by atoms with Gasteiger partial charge in [-0.25, -0.2) is 19.2 Å². The first kappa shape index (κ1) is 14.3. The number of ether oxygens (including phenoxy) is 1. The van der Waals surface area contributed by atoms with Crippen LogP contribution in [0.4, 0.5) is 4.79 Å². The molecule has 0 bridgehead atoms. The third-order valence-electron chi connectivity index (χ3n) is 1.12. The molecule has 9 nitrogen and oxygen atoms in total. The Kier molecular flexibility index (Phi) is 6.41. The Hall–Kier alpha value is -2.67. The predicted octanol–water partition coefficient (Wildman–Crippen LogP) is -1.25. The Morgan fingerprint density at radius 1 is 1.24 bits per heavy atom. The highest BCUT2D eigenvalue weighted by molar-refractivity contribution is 5.76. The topological polar surface area (TPSA) is 137 Å². The molecule has 9 heteroatoms. The Morgan fingerprint density at radius 3 is 1.94 bits per heavy atom. The van der Waals surface area contributed by atoms with Crippen LogP contribution in [0, 0.1) is 0 Å². The SMILES string of the molecule is C=C=NC(=O)OCC.O=c1[nH]c(=O)[nH]c(=O)[nH]1. The van der Waals surface area contributed by atoms with Crippen molar-refractivity contribution in [2.24, 2.45) is 4.99 Å². The van der Waals surface area contributed by atoms with Crippen LogP contribution in [-0.4, -0.2) is 33.5 Å². The third-order valence-corrected chi connectivity index (χ3v) is 1.12. The molecular formula is C8H10N4O5. The lowest BCUT2D eigenvalue weighted by molar-refractivity contribution is 0.164. The molecule has 0 saturated carbocycles. The first-order valence-electron chi connectivity index (χ1n) is 4.32. The molecule has 0 spiro atoms. The summed E-state index contributed by atoms with van der Waals surface area (Å²) >= 11 is 0. The van der Waals surface area contributed by atoms with Gasteiger partial charge in [0.15, 0.2) is 0 Å². The Balaban J connectivity index is 0.000000304. The van der Waals surface area contributed by atoms with Crippen LogP contribution in [0.25, 0.3) is 0 Å². The molecule has 1 amide bonds. The number of aliphatic imine (C=N–C) groups is 1. The van der Waals surface area contributed by atoms with Crippen LogP contribution in [0.2, 0.25) is 0 Å². The molecule has 1 aromatic rings. The van der Waals surface area contributed by atoms with Crippen LogP contribution in [0.5, 0.6) is 0 Å². The normalized spacial score (nSPS) is 8.29. The van der Waals surface area contributed by atoms with E-state index in [1.165, 1.54) is 0 Å². The number of nitrogens with one attached hydrogen (secondary N) is 3. The van der Waals surface area contributed by atoms with Crippen molar-refractivity contribution in [2.45, 2.75) is 6.92 Å². The maximum Gasteiger partial charge on any atom is 0.441 e. The van der Waals surface area contributed by atoms with Crippen LogP contribution >= 0.6 is 0 Å². The number of carbonyl (C=O) groups is 1. The summed E-state index contributed by atoms with van der Waals surface area (Å²) in [4.78, 5) is 49.2. The van der Waals surface area contributed by atoms with Crippen molar-refractivity contribution >= 4 is 12.0 Å². The van der Waals surface area contributed by atoms with Gasteiger partial charge in [-0.05, 0) is 19.4 Å². The van der Waals surface area contributed by atoms with Gasteiger partial charge in [0, 0.05) is 0 Å². The third kappa shape index (κ3) is 7.28. The molecule has 0 atom stereocenters. The van der Waals surface area contributed by atoms with Crippen molar-refractivity contribution in [3.63, 3.8) is 0 Å². The molecule has 0 aliphatic carbocycles. The number of hydrogen-bond acceptors (Lipinski definition) is 5. The van der Waals surface area contributed by atoms with E-state index < -0.39 is 23.2 Å². The molecule has 0 aliphatic rings. The zero-order valence-corrected chi connectivity index (χ0v) is 8.90. The number of aromatic amines is 3. The molecule has 0 unspecified atom stereocenters. The van der Waals surface area contributed by atoms with Gasteiger partial charge in [0.25, 0.3) is 0 Å². The van der Waals surface area contributed by atoms with Crippen molar-refractivity contribution in [3.8, 4) is 0 Å². The van der Waals surface area contributed by atoms with Crippen molar-refractivity contribution in [2.75, 3.05) is 6.61 Å². The molecule has 1 heterocycles. The number of amides is 1. The second-order valence-corrected chi connectivity index (χ2v) is 2.33. The molecule has 92 valence electrons. The molecule has 1 rings (SSSR count). The van der Waals surface area contributed by atoms with Gasteiger partial charge in [-0.2, -0.15) is 0 Å².